The van der Waals surface area contributed by atoms with Gasteiger partial charge >= 0.3 is 6.18 Å². The zero-order valence-electron chi connectivity index (χ0n) is 11.3. The molecule has 2 nitrogen and oxygen atoms in total. The van der Waals surface area contributed by atoms with Crippen molar-refractivity contribution in [3.8, 4) is 0 Å². The topological polar surface area (TPSA) is 12.5 Å². The van der Waals surface area contributed by atoms with Gasteiger partial charge in [0.25, 0.3) is 0 Å². The molecule has 0 spiro atoms. The molecule has 1 aliphatic heterocycles. The van der Waals surface area contributed by atoms with E-state index in [0.29, 0.717) is 25.2 Å². The molecular weight excluding hydrogens is 291 g/mol. The highest BCUT2D eigenvalue weighted by Gasteiger charge is 2.33. The van der Waals surface area contributed by atoms with Crippen LogP contribution < -0.4 is 0 Å². The third kappa shape index (κ3) is 3.87. The summed E-state index contributed by atoms with van der Waals surface area (Å²) in [7, 11) is 0. The summed E-state index contributed by atoms with van der Waals surface area (Å²) in [6, 6.07) is 2.84. The highest BCUT2D eigenvalue weighted by molar-refractivity contribution is 6.31. The lowest BCUT2D eigenvalue weighted by atomic mass is 10.0. The molecule has 20 heavy (non-hydrogen) atoms. The Morgan fingerprint density at radius 1 is 1.25 bits per heavy atom. The van der Waals surface area contributed by atoms with Gasteiger partial charge in [-0.1, -0.05) is 11.6 Å². The van der Waals surface area contributed by atoms with Crippen LogP contribution in [0.4, 0.5) is 13.2 Å². The minimum Gasteiger partial charge on any atom is -0.379 e. The molecule has 1 aliphatic rings. The first-order valence-electron chi connectivity index (χ1n) is 6.54. The Morgan fingerprint density at radius 3 is 2.50 bits per heavy atom. The van der Waals surface area contributed by atoms with E-state index in [1.165, 1.54) is 13.0 Å². The molecule has 0 atom stereocenters. The SMILES string of the molecule is Cc1c(Cl)cc(CCN2CCOCC2)cc1C(F)(F)F. The number of hydrogen-bond donors (Lipinski definition) is 0. The normalized spacial score (nSPS) is 17.4. The van der Waals surface area contributed by atoms with Crippen LogP contribution in [0.1, 0.15) is 16.7 Å². The molecule has 0 N–H and O–H groups in total. The van der Waals surface area contributed by atoms with Gasteiger partial charge in [-0.15, -0.1) is 0 Å². The lowest BCUT2D eigenvalue weighted by molar-refractivity contribution is -0.138. The van der Waals surface area contributed by atoms with Gasteiger partial charge in [0.2, 0.25) is 0 Å². The fraction of sp³-hybridized carbons (Fsp3) is 0.571. The summed E-state index contributed by atoms with van der Waals surface area (Å²) in [5.74, 6) is 0. The average molecular weight is 308 g/mol. The summed E-state index contributed by atoms with van der Waals surface area (Å²) >= 11 is 5.91. The van der Waals surface area contributed by atoms with Crippen molar-refractivity contribution < 1.29 is 17.9 Å². The van der Waals surface area contributed by atoms with Crippen molar-refractivity contribution >= 4 is 11.6 Å². The molecule has 0 amide bonds. The summed E-state index contributed by atoms with van der Waals surface area (Å²) in [5.41, 5.74) is 0.0793. The second-order valence-corrected chi connectivity index (χ2v) is 5.36. The Balaban J connectivity index is 2.10. The first kappa shape index (κ1) is 15.6. The number of nitrogens with zero attached hydrogens (tertiary/aromatic N) is 1. The van der Waals surface area contributed by atoms with Crippen molar-refractivity contribution in [2.45, 2.75) is 19.5 Å². The number of morpholine rings is 1. The maximum Gasteiger partial charge on any atom is 0.416 e. The monoisotopic (exact) mass is 307 g/mol. The van der Waals surface area contributed by atoms with Crippen molar-refractivity contribution in [3.05, 3.63) is 33.8 Å². The molecule has 0 radical (unpaired) electrons. The Labute approximate surface area is 121 Å². The number of halogens is 4. The predicted molar refractivity (Wildman–Crippen MR) is 72.2 cm³/mol. The van der Waals surface area contributed by atoms with Crippen LogP contribution in [0.15, 0.2) is 12.1 Å². The molecule has 1 heterocycles. The standard InChI is InChI=1S/C14H17ClF3NO/c1-10-12(14(16,17)18)8-11(9-13(10)15)2-3-19-4-6-20-7-5-19/h8-9H,2-7H2,1H3. The van der Waals surface area contributed by atoms with Gasteiger partial charge in [-0.25, -0.2) is 0 Å². The Morgan fingerprint density at radius 2 is 1.90 bits per heavy atom. The Kier molecular flexibility index (Phi) is 4.94. The smallest absolute Gasteiger partial charge is 0.379 e. The van der Waals surface area contributed by atoms with Crippen LogP contribution in [-0.4, -0.2) is 37.7 Å². The van der Waals surface area contributed by atoms with Gasteiger partial charge in [0.1, 0.15) is 0 Å². The van der Waals surface area contributed by atoms with Crippen LogP contribution in [0.5, 0.6) is 0 Å². The lowest BCUT2D eigenvalue weighted by Crippen LogP contribution is -2.37. The van der Waals surface area contributed by atoms with Gasteiger partial charge in [0.15, 0.2) is 0 Å². The molecule has 0 aliphatic carbocycles. The Hall–Kier alpha value is -0.780. The number of ether oxygens (including phenoxy) is 1. The first-order valence-corrected chi connectivity index (χ1v) is 6.92. The van der Waals surface area contributed by atoms with E-state index >= 15 is 0 Å². The van der Waals surface area contributed by atoms with Crippen molar-refractivity contribution in [1.82, 2.24) is 4.90 Å². The van der Waals surface area contributed by atoms with E-state index in [1.807, 2.05) is 0 Å². The summed E-state index contributed by atoms with van der Waals surface area (Å²) in [6.45, 7) is 5.14. The molecule has 6 heteroatoms. The second-order valence-electron chi connectivity index (χ2n) is 4.95. The molecule has 1 aromatic carbocycles. The van der Waals surface area contributed by atoms with E-state index in [2.05, 4.69) is 4.90 Å². The average Bonchev–Trinajstić information content (AvgIpc) is 2.40. The minimum atomic E-state index is -4.36. The first-order chi connectivity index (χ1) is 9.38. The fourth-order valence-electron chi connectivity index (χ4n) is 2.29. The van der Waals surface area contributed by atoms with E-state index in [-0.39, 0.29) is 10.6 Å². The summed E-state index contributed by atoms with van der Waals surface area (Å²) in [5, 5.41) is 0.178. The number of rotatable bonds is 3. The zero-order valence-corrected chi connectivity index (χ0v) is 12.0. The molecular formula is C14H17ClF3NO. The lowest BCUT2D eigenvalue weighted by Gasteiger charge is -2.26. The van der Waals surface area contributed by atoms with E-state index in [9.17, 15) is 13.2 Å². The van der Waals surface area contributed by atoms with Crippen LogP contribution in [0.25, 0.3) is 0 Å². The molecule has 1 saturated heterocycles. The molecule has 0 bridgehead atoms. The van der Waals surface area contributed by atoms with E-state index < -0.39 is 11.7 Å². The third-order valence-corrected chi connectivity index (χ3v) is 3.92. The maximum atomic E-state index is 12.9. The summed E-state index contributed by atoms with van der Waals surface area (Å²) in [6.07, 6.45) is -3.80. The molecule has 0 unspecified atom stereocenters. The second kappa shape index (κ2) is 6.33. The van der Waals surface area contributed by atoms with Crippen molar-refractivity contribution in [1.29, 1.82) is 0 Å². The summed E-state index contributed by atoms with van der Waals surface area (Å²) in [4.78, 5) is 2.19. The predicted octanol–water partition coefficient (Wildman–Crippen LogP) is 3.54. The quantitative estimate of drug-likeness (QED) is 0.847. The molecule has 1 fully saturated rings. The van der Waals surface area contributed by atoms with Crippen LogP contribution in [0.2, 0.25) is 5.02 Å². The third-order valence-electron chi connectivity index (χ3n) is 3.53. The maximum absolute atomic E-state index is 12.9. The minimum absolute atomic E-state index is 0.0919. The van der Waals surface area contributed by atoms with E-state index in [0.717, 1.165) is 19.6 Å². The van der Waals surface area contributed by atoms with Crippen molar-refractivity contribution in [2.75, 3.05) is 32.8 Å². The highest BCUT2D eigenvalue weighted by atomic mass is 35.5. The largest absolute Gasteiger partial charge is 0.416 e. The molecule has 1 aromatic rings. The van der Waals surface area contributed by atoms with Gasteiger partial charge in [-0.05, 0) is 36.6 Å². The highest BCUT2D eigenvalue weighted by Crippen LogP contribution is 2.35. The van der Waals surface area contributed by atoms with Crippen LogP contribution in [-0.2, 0) is 17.3 Å². The van der Waals surface area contributed by atoms with Crippen LogP contribution in [0, 0.1) is 6.92 Å². The molecule has 112 valence electrons. The molecule has 2 rings (SSSR count). The molecule has 0 saturated carbocycles. The van der Waals surface area contributed by atoms with Crippen molar-refractivity contribution in [2.24, 2.45) is 0 Å². The number of hydrogen-bond acceptors (Lipinski definition) is 2. The van der Waals surface area contributed by atoms with Gasteiger partial charge in [0, 0.05) is 24.7 Å². The summed E-state index contributed by atoms with van der Waals surface area (Å²) < 4.78 is 44.0. The fourth-order valence-corrected chi connectivity index (χ4v) is 2.53. The van der Waals surface area contributed by atoms with Gasteiger partial charge in [0.05, 0.1) is 18.8 Å². The van der Waals surface area contributed by atoms with E-state index in [1.54, 1.807) is 6.07 Å². The van der Waals surface area contributed by atoms with Gasteiger partial charge in [-0.3, -0.25) is 4.90 Å². The Bertz CT molecular complexity index is 470. The van der Waals surface area contributed by atoms with E-state index in [4.69, 9.17) is 16.3 Å². The number of alkyl halides is 3. The van der Waals surface area contributed by atoms with Crippen molar-refractivity contribution in [3.63, 3.8) is 0 Å². The zero-order chi connectivity index (χ0) is 14.8. The van der Waals surface area contributed by atoms with Crippen LogP contribution in [0.3, 0.4) is 0 Å². The number of benzene rings is 1. The van der Waals surface area contributed by atoms with Gasteiger partial charge < -0.3 is 4.74 Å². The van der Waals surface area contributed by atoms with Crippen LogP contribution >= 0.6 is 11.6 Å². The van der Waals surface area contributed by atoms with Gasteiger partial charge in [-0.2, -0.15) is 13.2 Å². The molecule has 0 aromatic heterocycles.